The van der Waals surface area contributed by atoms with Crippen molar-refractivity contribution in [2.45, 2.75) is 6.54 Å². The van der Waals surface area contributed by atoms with E-state index in [-0.39, 0.29) is 5.91 Å². The summed E-state index contributed by atoms with van der Waals surface area (Å²) >= 11 is 6.07. The highest BCUT2D eigenvalue weighted by Crippen LogP contribution is 2.20. The molecule has 3 rings (SSSR count). The Labute approximate surface area is 163 Å². The largest absolute Gasteiger partial charge is 0.366 e. The van der Waals surface area contributed by atoms with Gasteiger partial charge in [0.05, 0.1) is 17.3 Å². The van der Waals surface area contributed by atoms with Gasteiger partial charge in [0.15, 0.2) is 0 Å². The maximum absolute atomic E-state index is 12.2. The standard InChI is InChI=1S/C20H23ClN4O2/c21-17-3-1-2-4-18(17)23-19(26)14-25-11-9-24(10-12-25)13-15-5-7-16(8-6-15)20(22)27/h1-8H,9-14H2,(H2,22,27)(H,23,26). The molecular formula is C20H23ClN4O2. The molecule has 0 bridgehead atoms. The van der Waals surface area contributed by atoms with Gasteiger partial charge in [0.2, 0.25) is 11.8 Å². The van der Waals surface area contributed by atoms with Gasteiger partial charge in [-0.1, -0.05) is 35.9 Å². The highest BCUT2D eigenvalue weighted by molar-refractivity contribution is 6.33. The number of nitrogens with zero attached hydrogens (tertiary/aromatic N) is 2. The molecule has 2 amide bonds. The van der Waals surface area contributed by atoms with Crippen molar-refractivity contribution in [1.29, 1.82) is 0 Å². The minimum Gasteiger partial charge on any atom is -0.366 e. The van der Waals surface area contributed by atoms with E-state index in [0.717, 1.165) is 38.3 Å². The highest BCUT2D eigenvalue weighted by Gasteiger charge is 2.19. The SMILES string of the molecule is NC(=O)c1ccc(CN2CCN(CC(=O)Nc3ccccc3Cl)CC2)cc1. The Morgan fingerprint density at radius 2 is 1.59 bits per heavy atom. The first-order chi connectivity index (χ1) is 13.0. The zero-order valence-corrected chi connectivity index (χ0v) is 15.8. The smallest absolute Gasteiger partial charge is 0.248 e. The van der Waals surface area contributed by atoms with Crippen molar-refractivity contribution in [2.75, 3.05) is 38.0 Å². The Bertz CT molecular complexity index is 802. The fourth-order valence-corrected chi connectivity index (χ4v) is 3.28. The number of nitrogens with two attached hydrogens (primary N) is 1. The molecule has 2 aromatic rings. The summed E-state index contributed by atoms with van der Waals surface area (Å²) in [5, 5.41) is 3.40. The Kier molecular flexibility index (Phi) is 6.45. The zero-order chi connectivity index (χ0) is 19.2. The molecule has 0 radical (unpaired) electrons. The van der Waals surface area contributed by atoms with Gasteiger partial charge in [-0.05, 0) is 29.8 Å². The van der Waals surface area contributed by atoms with Crippen LogP contribution in [0.2, 0.25) is 5.02 Å². The monoisotopic (exact) mass is 386 g/mol. The van der Waals surface area contributed by atoms with Gasteiger partial charge >= 0.3 is 0 Å². The number of benzene rings is 2. The number of anilines is 1. The first kappa shape index (κ1) is 19.4. The fourth-order valence-electron chi connectivity index (χ4n) is 3.09. The average molecular weight is 387 g/mol. The Morgan fingerprint density at radius 1 is 0.963 bits per heavy atom. The summed E-state index contributed by atoms with van der Waals surface area (Å²) in [6.07, 6.45) is 0. The lowest BCUT2D eigenvalue weighted by atomic mass is 10.1. The molecule has 0 unspecified atom stereocenters. The first-order valence-corrected chi connectivity index (χ1v) is 9.27. The van der Waals surface area contributed by atoms with E-state index >= 15 is 0 Å². The van der Waals surface area contributed by atoms with Gasteiger partial charge in [-0.3, -0.25) is 19.4 Å². The number of piperazine rings is 1. The maximum atomic E-state index is 12.2. The molecule has 0 aliphatic carbocycles. The van der Waals surface area contributed by atoms with Crippen molar-refractivity contribution < 1.29 is 9.59 Å². The van der Waals surface area contributed by atoms with Gasteiger partial charge in [0, 0.05) is 38.3 Å². The number of rotatable bonds is 6. The van der Waals surface area contributed by atoms with Crippen molar-refractivity contribution >= 4 is 29.1 Å². The number of para-hydroxylation sites is 1. The number of amides is 2. The number of carbonyl (C=O) groups excluding carboxylic acids is 2. The molecule has 1 saturated heterocycles. The summed E-state index contributed by atoms with van der Waals surface area (Å²) < 4.78 is 0. The lowest BCUT2D eigenvalue weighted by Gasteiger charge is -2.34. The topological polar surface area (TPSA) is 78.7 Å². The molecule has 2 aromatic carbocycles. The maximum Gasteiger partial charge on any atom is 0.248 e. The first-order valence-electron chi connectivity index (χ1n) is 8.89. The number of carbonyl (C=O) groups is 2. The number of nitrogens with one attached hydrogen (secondary N) is 1. The Balaban J connectivity index is 1.44. The predicted molar refractivity (Wildman–Crippen MR) is 107 cm³/mol. The van der Waals surface area contributed by atoms with Gasteiger partial charge in [0.25, 0.3) is 0 Å². The number of hydrogen-bond acceptors (Lipinski definition) is 4. The second-order valence-corrected chi connectivity index (χ2v) is 7.05. The molecule has 1 aliphatic rings. The lowest BCUT2D eigenvalue weighted by Crippen LogP contribution is -2.48. The van der Waals surface area contributed by atoms with E-state index in [1.165, 1.54) is 0 Å². The molecule has 0 atom stereocenters. The van der Waals surface area contributed by atoms with E-state index in [9.17, 15) is 9.59 Å². The van der Waals surface area contributed by atoms with Crippen LogP contribution in [0.15, 0.2) is 48.5 Å². The van der Waals surface area contributed by atoms with Crippen molar-refractivity contribution in [3.63, 3.8) is 0 Å². The molecule has 0 aromatic heterocycles. The van der Waals surface area contributed by atoms with Crippen molar-refractivity contribution in [3.05, 3.63) is 64.7 Å². The summed E-state index contributed by atoms with van der Waals surface area (Å²) in [6, 6.07) is 14.6. The van der Waals surface area contributed by atoms with E-state index in [0.29, 0.717) is 22.8 Å². The number of primary amides is 1. The Hall–Kier alpha value is -2.41. The van der Waals surface area contributed by atoms with E-state index in [1.807, 2.05) is 24.3 Å². The van der Waals surface area contributed by atoms with Gasteiger partial charge in [0.1, 0.15) is 0 Å². The third kappa shape index (κ3) is 5.53. The molecule has 142 valence electrons. The van der Waals surface area contributed by atoms with Gasteiger partial charge in [-0.2, -0.15) is 0 Å². The molecule has 3 N–H and O–H groups in total. The molecule has 1 aliphatic heterocycles. The summed E-state index contributed by atoms with van der Waals surface area (Å²) in [6.45, 7) is 4.60. The molecule has 27 heavy (non-hydrogen) atoms. The molecule has 7 heteroatoms. The molecule has 0 spiro atoms. The van der Waals surface area contributed by atoms with Crippen LogP contribution in [-0.4, -0.2) is 54.3 Å². The highest BCUT2D eigenvalue weighted by atomic mass is 35.5. The molecule has 0 saturated carbocycles. The van der Waals surface area contributed by atoms with Crippen molar-refractivity contribution in [3.8, 4) is 0 Å². The second-order valence-electron chi connectivity index (χ2n) is 6.64. The number of halogens is 1. The van der Waals surface area contributed by atoms with Crippen LogP contribution in [0.4, 0.5) is 5.69 Å². The van der Waals surface area contributed by atoms with Crippen molar-refractivity contribution in [1.82, 2.24) is 9.80 Å². The predicted octanol–water partition coefficient (Wildman–Crippen LogP) is 2.20. The number of hydrogen-bond donors (Lipinski definition) is 2. The molecular weight excluding hydrogens is 364 g/mol. The molecule has 1 fully saturated rings. The normalized spacial score (nSPS) is 15.4. The average Bonchev–Trinajstić information content (AvgIpc) is 2.66. The van der Waals surface area contributed by atoms with Crippen LogP contribution < -0.4 is 11.1 Å². The van der Waals surface area contributed by atoms with Crippen LogP contribution in [0.3, 0.4) is 0 Å². The van der Waals surface area contributed by atoms with Crippen LogP contribution >= 0.6 is 11.6 Å². The van der Waals surface area contributed by atoms with Crippen LogP contribution in [0.25, 0.3) is 0 Å². The summed E-state index contributed by atoms with van der Waals surface area (Å²) in [5.74, 6) is -0.469. The van der Waals surface area contributed by atoms with Gasteiger partial charge in [-0.15, -0.1) is 0 Å². The van der Waals surface area contributed by atoms with Gasteiger partial charge in [-0.25, -0.2) is 0 Å². The van der Waals surface area contributed by atoms with E-state index in [2.05, 4.69) is 15.1 Å². The summed E-state index contributed by atoms with van der Waals surface area (Å²) in [7, 11) is 0. The molecule has 1 heterocycles. The van der Waals surface area contributed by atoms with E-state index < -0.39 is 5.91 Å². The van der Waals surface area contributed by atoms with Crippen molar-refractivity contribution in [2.24, 2.45) is 5.73 Å². The van der Waals surface area contributed by atoms with Crippen LogP contribution in [0, 0.1) is 0 Å². The van der Waals surface area contributed by atoms with Gasteiger partial charge < -0.3 is 11.1 Å². The summed E-state index contributed by atoms with van der Waals surface area (Å²) in [5.41, 5.74) is 7.57. The minimum atomic E-state index is -0.412. The van der Waals surface area contributed by atoms with Crippen LogP contribution in [0.1, 0.15) is 15.9 Å². The minimum absolute atomic E-state index is 0.0569. The molecule has 6 nitrogen and oxygen atoms in total. The lowest BCUT2D eigenvalue weighted by molar-refractivity contribution is -0.117. The quantitative estimate of drug-likeness (QED) is 0.797. The zero-order valence-electron chi connectivity index (χ0n) is 15.0. The second kappa shape index (κ2) is 8.99. The third-order valence-electron chi connectivity index (χ3n) is 4.62. The third-order valence-corrected chi connectivity index (χ3v) is 4.95. The fraction of sp³-hybridized carbons (Fsp3) is 0.300. The van der Waals surface area contributed by atoms with Crippen LogP contribution in [-0.2, 0) is 11.3 Å². The van der Waals surface area contributed by atoms with Crippen LogP contribution in [0.5, 0.6) is 0 Å². The van der Waals surface area contributed by atoms with E-state index in [1.54, 1.807) is 24.3 Å². The Morgan fingerprint density at radius 3 is 2.22 bits per heavy atom. The summed E-state index contributed by atoms with van der Waals surface area (Å²) in [4.78, 5) is 27.8. The van der Waals surface area contributed by atoms with E-state index in [4.69, 9.17) is 17.3 Å².